The van der Waals surface area contributed by atoms with Crippen LogP contribution >= 0.6 is 0 Å². The molecule has 0 unspecified atom stereocenters. The highest BCUT2D eigenvalue weighted by Crippen LogP contribution is 2.37. The number of rotatable bonds is 14. The van der Waals surface area contributed by atoms with Crippen molar-refractivity contribution in [2.75, 3.05) is 26.4 Å². The van der Waals surface area contributed by atoms with Crippen molar-refractivity contribution in [3.63, 3.8) is 0 Å². The van der Waals surface area contributed by atoms with E-state index in [4.69, 9.17) is 14.2 Å². The van der Waals surface area contributed by atoms with E-state index in [0.717, 1.165) is 115 Å². The highest BCUT2D eigenvalue weighted by atomic mass is 16.6. The number of nitrogens with one attached hydrogen (secondary N) is 2. The van der Waals surface area contributed by atoms with Crippen molar-refractivity contribution in [3.8, 4) is 0 Å². The number of carbonyl (C=O) groups is 2. The van der Waals surface area contributed by atoms with Crippen molar-refractivity contribution in [1.29, 1.82) is 0 Å². The number of nitrogens with zero attached hydrogens (tertiary/aromatic N) is 2. The first-order valence-corrected chi connectivity index (χ1v) is 17.6. The Morgan fingerprint density at radius 1 is 0.511 bits per heavy atom. The first-order valence-electron chi connectivity index (χ1n) is 17.6. The van der Waals surface area contributed by atoms with Gasteiger partial charge in [-0.2, -0.15) is 0 Å². The third-order valence-electron chi connectivity index (χ3n) is 10.7. The molecule has 0 atom stereocenters. The molecule has 2 N–H and O–H groups in total. The number of alkyl carbamates (subject to hydrolysis) is 2. The first-order chi connectivity index (χ1) is 22.0. The van der Waals surface area contributed by atoms with Gasteiger partial charge in [0, 0.05) is 12.1 Å². The van der Waals surface area contributed by atoms with Crippen LogP contribution in [0.5, 0.6) is 0 Å². The number of hydrogen-bond acceptors (Lipinski definition) is 9. The Labute approximate surface area is 268 Å². The highest BCUT2D eigenvalue weighted by Gasteiger charge is 2.29. The Morgan fingerprint density at radius 3 is 1.18 bits per heavy atom. The summed E-state index contributed by atoms with van der Waals surface area (Å²) in [7, 11) is 0. The van der Waals surface area contributed by atoms with E-state index in [9.17, 15) is 19.2 Å². The van der Waals surface area contributed by atoms with Gasteiger partial charge in [-0.3, -0.25) is 0 Å². The summed E-state index contributed by atoms with van der Waals surface area (Å²) in [6, 6.07) is 0.668. The summed E-state index contributed by atoms with van der Waals surface area (Å²) in [5.41, 5.74) is 0. The van der Waals surface area contributed by atoms with E-state index in [1.807, 2.05) is 0 Å². The molecule has 4 aliphatic carbocycles. The standard InChI is InChI=1S/C34H54N4O7/c39-23-35-29-9-1-25(2-10-29)21-27-5-13-31(14-6-27)37-33(41)44-19-17-43-18-20-45-34(42)38-32-15-7-28(8-16-32)22-26-3-11-30(12-4-26)36-24-40/h25-32H,1-22H2,(H,37,41)(H,38,42). The molecular weight excluding hydrogens is 576 g/mol. The summed E-state index contributed by atoms with van der Waals surface area (Å²) in [4.78, 5) is 53.1. The van der Waals surface area contributed by atoms with Gasteiger partial charge in [0.1, 0.15) is 13.2 Å². The van der Waals surface area contributed by atoms with Gasteiger partial charge in [0.25, 0.3) is 0 Å². The van der Waals surface area contributed by atoms with Crippen molar-refractivity contribution in [2.24, 2.45) is 33.7 Å². The molecule has 2 amide bonds. The Kier molecular flexibility index (Phi) is 15.4. The number of isocyanates is 2. The van der Waals surface area contributed by atoms with Gasteiger partial charge in [0.05, 0.1) is 25.3 Å². The topological polar surface area (TPSA) is 145 Å². The van der Waals surface area contributed by atoms with Crippen molar-refractivity contribution >= 4 is 24.3 Å². The van der Waals surface area contributed by atoms with Crippen LogP contribution in [0.2, 0.25) is 0 Å². The van der Waals surface area contributed by atoms with Crippen LogP contribution in [0.1, 0.15) is 116 Å². The zero-order valence-corrected chi connectivity index (χ0v) is 26.9. The van der Waals surface area contributed by atoms with E-state index in [-0.39, 0.29) is 50.6 Å². The molecule has 0 aromatic rings. The van der Waals surface area contributed by atoms with Gasteiger partial charge in [0.15, 0.2) is 0 Å². The molecule has 0 saturated heterocycles. The monoisotopic (exact) mass is 630 g/mol. The maximum Gasteiger partial charge on any atom is 0.407 e. The van der Waals surface area contributed by atoms with Gasteiger partial charge < -0.3 is 24.8 Å². The molecule has 0 radical (unpaired) electrons. The Hall–Kier alpha value is -2.74. The van der Waals surface area contributed by atoms with E-state index in [1.165, 1.54) is 12.8 Å². The summed E-state index contributed by atoms with van der Waals surface area (Å²) < 4.78 is 16.0. The third kappa shape index (κ3) is 13.3. The summed E-state index contributed by atoms with van der Waals surface area (Å²) in [6.45, 7) is 0.812. The number of aliphatic imine (C=N–C) groups is 2. The van der Waals surface area contributed by atoms with E-state index in [1.54, 1.807) is 12.2 Å². The predicted octanol–water partition coefficient (Wildman–Crippen LogP) is 6.14. The molecule has 252 valence electrons. The van der Waals surface area contributed by atoms with E-state index in [2.05, 4.69) is 20.6 Å². The lowest BCUT2D eigenvalue weighted by atomic mass is 9.76. The molecule has 0 aromatic carbocycles. The Bertz CT molecular complexity index is 905. The average molecular weight is 631 g/mol. The molecule has 0 spiro atoms. The molecule has 0 aromatic heterocycles. The van der Waals surface area contributed by atoms with Crippen LogP contribution in [0.4, 0.5) is 9.59 Å². The van der Waals surface area contributed by atoms with Crippen LogP contribution in [-0.2, 0) is 23.8 Å². The summed E-state index contributed by atoms with van der Waals surface area (Å²) in [5, 5.41) is 5.98. The van der Waals surface area contributed by atoms with Crippen LogP contribution in [-0.4, -0.2) is 74.9 Å². The van der Waals surface area contributed by atoms with Crippen LogP contribution in [0.25, 0.3) is 0 Å². The number of ether oxygens (including phenoxy) is 3. The minimum absolute atomic E-state index is 0.154. The molecule has 11 heteroatoms. The highest BCUT2D eigenvalue weighted by molar-refractivity contribution is 5.67. The SMILES string of the molecule is O=C=NC1CCC(CC2CCC(NC(=O)OCCOCCOC(=O)NC3CCC(CC4CCC(N=C=O)CC4)CC3)CC2)CC1. The lowest BCUT2D eigenvalue weighted by Crippen LogP contribution is -2.39. The normalized spacial score (nSPS) is 31.8. The molecule has 4 saturated carbocycles. The second kappa shape index (κ2) is 19.7. The predicted molar refractivity (Wildman–Crippen MR) is 168 cm³/mol. The van der Waals surface area contributed by atoms with E-state index < -0.39 is 12.2 Å². The second-order valence-corrected chi connectivity index (χ2v) is 13.9. The van der Waals surface area contributed by atoms with Gasteiger partial charge in [-0.05, 0) is 139 Å². The van der Waals surface area contributed by atoms with Gasteiger partial charge in [-0.1, -0.05) is 0 Å². The molecule has 0 bridgehead atoms. The quantitative estimate of drug-likeness (QED) is 0.133. The Balaban J connectivity index is 0.935. The first kappa shape index (κ1) is 35.1. The molecule has 0 aliphatic heterocycles. The smallest absolute Gasteiger partial charge is 0.407 e. The molecule has 45 heavy (non-hydrogen) atoms. The van der Waals surface area contributed by atoms with Gasteiger partial charge in [-0.15, -0.1) is 0 Å². The van der Waals surface area contributed by atoms with Crippen molar-refractivity contribution in [1.82, 2.24) is 10.6 Å². The summed E-state index contributed by atoms with van der Waals surface area (Å²) >= 11 is 0. The average Bonchev–Trinajstić information content (AvgIpc) is 3.04. The van der Waals surface area contributed by atoms with Crippen LogP contribution in [0, 0.1) is 23.7 Å². The zero-order chi connectivity index (χ0) is 31.7. The van der Waals surface area contributed by atoms with Crippen LogP contribution < -0.4 is 10.6 Å². The number of hydrogen-bond donors (Lipinski definition) is 2. The van der Waals surface area contributed by atoms with Gasteiger partial charge >= 0.3 is 12.2 Å². The van der Waals surface area contributed by atoms with Crippen molar-refractivity contribution in [2.45, 2.75) is 140 Å². The van der Waals surface area contributed by atoms with Gasteiger partial charge in [0.2, 0.25) is 12.2 Å². The van der Waals surface area contributed by atoms with Crippen molar-refractivity contribution in [3.05, 3.63) is 0 Å². The maximum absolute atomic E-state index is 12.2. The lowest BCUT2D eigenvalue weighted by molar-refractivity contribution is 0.0435. The minimum Gasteiger partial charge on any atom is -0.447 e. The Morgan fingerprint density at radius 2 is 0.844 bits per heavy atom. The lowest BCUT2D eigenvalue weighted by Gasteiger charge is -2.33. The molecule has 4 fully saturated rings. The molecular formula is C34H54N4O7. The van der Waals surface area contributed by atoms with Crippen molar-refractivity contribution < 1.29 is 33.4 Å². The fourth-order valence-electron chi connectivity index (χ4n) is 8.10. The van der Waals surface area contributed by atoms with E-state index in [0.29, 0.717) is 11.8 Å². The number of amides is 2. The minimum atomic E-state index is -0.404. The second-order valence-electron chi connectivity index (χ2n) is 13.9. The zero-order valence-electron chi connectivity index (χ0n) is 26.9. The summed E-state index contributed by atoms with van der Waals surface area (Å²) in [6.07, 6.45) is 22.1. The van der Waals surface area contributed by atoms with Crippen LogP contribution in [0.3, 0.4) is 0 Å². The van der Waals surface area contributed by atoms with Gasteiger partial charge in [-0.25, -0.2) is 29.2 Å². The molecule has 0 heterocycles. The molecule has 11 nitrogen and oxygen atoms in total. The fraction of sp³-hybridized carbons (Fsp3) is 0.882. The summed E-state index contributed by atoms with van der Waals surface area (Å²) in [5.74, 6) is 2.88. The fourth-order valence-corrected chi connectivity index (χ4v) is 8.10. The number of carbonyl (C=O) groups excluding carboxylic acids is 4. The van der Waals surface area contributed by atoms with E-state index >= 15 is 0 Å². The largest absolute Gasteiger partial charge is 0.447 e. The molecule has 4 aliphatic rings. The van der Waals surface area contributed by atoms with Crippen LogP contribution in [0.15, 0.2) is 9.98 Å². The third-order valence-corrected chi connectivity index (χ3v) is 10.7. The molecule has 4 rings (SSSR count). The maximum atomic E-state index is 12.2.